The van der Waals surface area contributed by atoms with E-state index in [4.69, 9.17) is 10.2 Å². The van der Waals surface area contributed by atoms with Crippen LogP contribution in [0.2, 0.25) is 0 Å². The molecule has 3 N–H and O–H groups in total. The van der Waals surface area contributed by atoms with E-state index in [1.807, 2.05) is 0 Å². The van der Waals surface area contributed by atoms with Crippen LogP contribution < -0.4 is 5.32 Å². The Hall–Kier alpha value is -0.120. The summed E-state index contributed by atoms with van der Waals surface area (Å²) in [6.07, 6.45) is 3.78. The Morgan fingerprint density at radius 3 is 2.82 bits per heavy atom. The van der Waals surface area contributed by atoms with E-state index in [0.717, 1.165) is 13.0 Å². The largest absolute Gasteiger partial charge is 0.394 e. The molecule has 11 heavy (non-hydrogen) atoms. The lowest BCUT2D eigenvalue weighted by Crippen LogP contribution is -2.37. The standard InChI is InChI=1S/C8H17NO2/c10-6-8(11)5-7-3-1-2-4-9-7/h7-11H,1-6H2. The molecule has 1 heterocycles. The summed E-state index contributed by atoms with van der Waals surface area (Å²) in [6.45, 7) is 0.945. The van der Waals surface area contributed by atoms with Gasteiger partial charge in [0.25, 0.3) is 0 Å². The van der Waals surface area contributed by atoms with Crippen LogP contribution in [0.25, 0.3) is 0 Å². The number of nitrogens with one attached hydrogen (secondary N) is 1. The van der Waals surface area contributed by atoms with Crippen molar-refractivity contribution in [3.8, 4) is 0 Å². The van der Waals surface area contributed by atoms with Crippen molar-refractivity contribution in [2.24, 2.45) is 0 Å². The smallest absolute Gasteiger partial charge is 0.0785 e. The van der Waals surface area contributed by atoms with E-state index in [9.17, 15) is 0 Å². The maximum absolute atomic E-state index is 9.12. The van der Waals surface area contributed by atoms with Gasteiger partial charge < -0.3 is 15.5 Å². The van der Waals surface area contributed by atoms with E-state index < -0.39 is 6.10 Å². The molecule has 0 amide bonds. The predicted octanol–water partition coefficient (Wildman–Crippen LogP) is -0.128. The first-order valence-electron chi connectivity index (χ1n) is 4.35. The van der Waals surface area contributed by atoms with Crippen LogP contribution in [0.5, 0.6) is 0 Å². The summed E-state index contributed by atoms with van der Waals surface area (Å²) < 4.78 is 0. The molecule has 0 saturated carbocycles. The fraction of sp³-hybridized carbons (Fsp3) is 1.00. The van der Waals surface area contributed by atoms with Crippen molar-refractivity contribution in [1.29, 1.82) is 0 Å². The molecule has 2 atom stereocenters. The minimum absolute atomic E-state index is 0.113. The van der Waals surface area contributed by atoms with Crippen molar-refractivity contribution in [2.45, 2.75) is 37.8 Å². The predicted molar refractivity (Wildman–Crippen MR) is 43.4 cm³/mol. The van der Waals surface area contributed by atoms with Gasteiger partial charge in [0.1, 0.15) is 0 Å². The highest BCUT2D eigenvalue weighted by molar-refractivity contribution is 4.74. The summed E-state index contributed by atoms with van der Waals surface area (Å²) in [7, 11) is 0. The lowest BCUT2D eigenvalue weighted by Gasteiger charge is -2.24. The number of aliphatic hydroxyl groups excluding tert-OH is 2. The van der Waals surface area contributed by atoms with Gasteiger partial charge in [-0.1, -0.05) is 6.42 Å². The quantitative estimate of drug-likeness (QED) is 0.538. The van der Waals surface area contributed by atoms with E-state index in [-0.39, 0.29) is 6.61 Å². The van der Waals surface area contributed by atoms with Crippen molar-refractivity contribution < 1.29 is 10.2 Å². The van der Waals surface area contributed by atoms with Crippen LogP contribution >= 0.6 is 0 Å². The highest BCUT2D eigenvalue weighted by Crippen LogP contribution is 2.11. The SMILES string of the molecule is OCC(O)CC1CCCCN1. The zero-order valence-electron chi connectivity index (χ0n) is 6.79. The van der Waals surface area contributed by atoms with Gasteiger partial charge in [0, 0.05) is 6.04 Å². The van der Waals surface area contributed by atoms with Gasteiger partial charge in [0.15, 0.2) is 0 Å². The summed E-state index contributed by atoms with van der Waals surface area (Å²) in [6, 6.07) is 0.422. The molecular weight excluding hydrogens is 142 g/mol. The summed E-state index contributed by atoms with van der Waals surface area (Å²) in [4.78, 5) is 0. The molecular formula is C8H17NO2. The van der Waals surface area contributed by atoms with Gasteiger partial charge in [-0.3, -0.25) is 0 Å². The Labute approximate surface area is 67.4 Å². The number of aliphatic hydroxyl groups is 2. The minimum atomic E-state index is -0.536. The highest BCUT2D eigenvalue weighted by Gasteiger charge is 2.15. The second-order valence-corrected chi connectivity index (χ2v) is 3.22. The Kier molecular flexibility index (Phi) is 3.83. The van der Waals surface area contributed by atoms with Crippen LogP contribution in [-0.2, 0) is 0 Å². The third kappa shape index (κ3) is 3.18. The first-order chi connectivity index (χ1) is 5.33. The van der Waals surface area contributed by atoms with Crippen LogP contribution in [0.1, 0.15) is 25.7 Å². The van der Waals surface area contributed by atoms with Crippen LogP contribution in [-0.4, -0.2) is 35.5 Å². The van der Waals surface area contributed by atoms with Crippen molar-refractivity contribution in [2.75, 3.05) is 13.2 Å². The maximum atomic E-state index is 9.12. The Morgan fingerprint density at radius 1 is 1.45 bits per heavy atom. The van der Waals surface area contributed by atoms with Crippen LogP contribution in [0.4, 0.5) is 0 Å². The Morgan fingerprint density at radius 2 is 2.27 bits per heavy atom. The lowest BCUT2D eigenvalue weighted by molar-refractivity contribution is 0.0760. The van der Waals surface area contributed by atoms with E-state index in [2.05, 4.69) is 5.32 Å². The van der Waals surface area contributed by atoms with Crippen molar-refractivity contribution in [3.05, 3.63) is 0 Å². The molecule has 3 nitrogen and oxygen atoms in total. The van der Waals surface area contributed by atoms with Crippen molar-refractivity contribution in [3.63, 3.8) is 0 Å². The molecule has 0 aromatic heterocycles. The molecule has 1 rings (SSSR count). The molecule has 0 aromatic rings. The number of hydrogen-bond acceptors (Lipinski definition) is 3. The average molecular weight is 159 g/mol. The minimum Gasteiger partial charge on any atom is -0.394 e. The Bertz CT molecular complexity index is 102. The Balaban J connectivity index is 2.13. The van der Waals surface area contributed by atoms with E-state index in [1.54, 1.807) is 0 Å². The van der Waals surface area contributed by atoms with E-state index >= 15 is 0 Å². The van der Waals surface area contributed by atoms with Crippen LogP contribution in [0.15, 0.2) is 0 Å². The van der Waals surface area contributed by atoms with Gasteiger partial charge in [-0.25, -0.2) is 0 Å². The van der Waals surface area contributed by atoms with Gasteiger partial charge in [0.2, 0.25) is 0 Å². The molecule has 66 valence electrons. The number of piperidine rings is 1. The maximum Gasteiger partial charge on any atom is 0.0785 e. The van der Waals surface area contributed by atoms with E-state index in [0.29, 0.717) is 12.5 Å². The molecule has 0 spiro atoms. The average Bonchev–Trinajstić information content (AvgIpc) is 2.06. The normalized spacial score (nSPS) is 28.4. The topological polar surface area (TPSA) is 52.5 Å². The van der Waals surface area contributed by atoms with Gasteiger partial charge in [-0.2, -0.15) is 0 Å². The van der Waals surface area contributed by atoms with Crippen LogP contribution in [0, 0.1) is 0 Å². The number of rotatable bonds is 3. The van der Waals surface area contributed by atoms with Gasteiger partial charge >= 0.3 is 0 Å². The summed E-state index contributed by atoms with van der Waals surface area (Å²) in [5.41, 5.74) is 0. The fourth-order valence-corrected chi connectivity index (χ4v) is 1.53. The molecule has 1 aliphatic heterocycles. The zero-order chi connectivity index (χ0) is 8.10. The lowest BCUT2D eigenvalue weighted by atomic mass is 10.00. The first kappa shape index (κ1) is 8.97. The van der Waals surface area contributed by atoms with E-state index in [1.165, 1.54) is 12.8 Å². The molecule has 0 bridgehead atoms. The summed E-state index contributed by atoms with van der Waals surface area (Å²) in [5.74, 6) is 0. The summed E-state index contributed by atoms with van der Waals surface area (Å²) in [5, 5.41) is 21.0. The fourth-order valence-electron chi connectivity index (χ4n) is 1.53. The third-order valence-corrected chi connectivity index (χ3v) is 2.18. The van der Waals surface area contributed by atoms with Gasteiger partial charge in [-0.05, 0) is 25.8 Å². The zero-order valence-corrected chi connectivity index (χ0v) is 6.79. The molecule has 0 aliphatic carbocycles. The monoisotopic (exact) mass is 159 g/mol. The molecule has 1 fully saturated rings. The molecule has 1 aliphatic rings. The molecule has 3 heteroatoms. The third-order valence-electron chi connectivity index (χ3n) is 2.18. The van der Waals surface area contributed by atoms with Crippen molar-refractivity contribution >= 4 is 0 Å². The summed E-state index contributed by atoms with van der Waals surface area (Å²) >= 11 is 0. The number of hydrogen-bond donors (Lipinski definition) is 3. The highest BCUT2D eigenvalue weighted by atomic mass is 16.3. The molecule has 0 radical (unpaired) electrons. The second-order valence-electron chi connectivity index (χ2n) is 3.22. The van der Waals surface area contributed by atoms with Gasteiger partial charge in [-0.15, -0.1) is 0 Å². The van der Waals surface area contributed by atoms with Crippen molar-refractivity contribution in [1.82, 2.24) is 5.32 Å². The molecule has 0 aromatic carbocycles. The second kappa shape index (κ2) is 4.70. The van der Waals surface area contributed by atoms with Gasteiger partial charge in [0.05, 0.1) is 12.7 Å². The first-order valence-corrected chi connectivity index (χ1v) is 4.35. The molecule has 2 unspecified atom stereocenters. The molecule has 1 saturated heterocycles. The van der Waals surface area contributed by atoms with Crippen LogP contribution in [0.3, 0.4) is 0 Å².